The molecule has 47 heavy (non-hydrogen) atoms. The van der Waals surface area contributed by atoms with Crippen molar-refractivity contribution in [1.29, 1.82) is 0 Å². The van der Waals surface area contributed by atoms with Crippen LogP contribution in [-0.2, 0) is 14.2 Å². The predicted octanol–water partition coefficient (Wildman–Crippen LogP) is 6.54. The zero-order valence-corrected chi connectivity index (χ0v) is 27.5. The van der Waals surface area contributed by atoms with Crippen molar-refractivity contribution in [3.8, 4) is 17.0 Å². The second-order valence-corrected chi connectivity index (χ2v) is 13.6. The average molecular weight is 654 g/mol. The maximum atomic E-state index is 16.6. The number of nitrogens with zero attached hydrogens (tertiary/aromatic N) is 3. The van der Waals surface area contributed by atoms with Gasteiger partial charge in [0.25, 0.3) is 0 Å². The molecule has 0 bridgehead atoms. The molecule has 0 saturated heterocycles. The fraction of sp³-hybridized carbons (Fsp3) is 0.485. The molecule has 0 radical (unpaired) electrons. The number of anilines is 3. The number of amides is 3. The molecule has 252 valence electrons. The van der Waals surface area contributed by atoms with Gasteiger partial charge in [-0.05, 0) is 90.3 Å². The van der Waals surface area contributed by atoms with Gasteiger partial charge in [-0.3, -0.25) is 15.5 Å². The highest BCUT2D eigenvalue weighted by Gasteiger charge is 2.33. The second kappa shape index (κ2) is 12.8. The van der Waals surface area contributed by atoms with Gasteiger partial charge in [-0.15, -0.1) is 0 Å². The highest BCUT2D eigenvalue weighted by Crippen LogP contribution is 2.42. The zero-order chi connectivity index (χ0) is 34.3. The topological polar surface area (TPSA) is 161 Å². The Kier molecular flexibility index (Phi) is 9.18. The first-order valence-electron chi connectivity index (χ1n) is 15.4. The van der Waals surface area contributed by atoms with Crippen LogP contribution < -0.4 is 20.3 Å². The van der Waals surface area contributed by atoms with Crippen LogP contribution in [0.1, 0.15) is 59.9 Å². The molecule has 1 fully saturated rings. The number of benzene rings is 1. The lowest BCUT2D eigenvalue weighted by Crippen LogP contribution is -2.42. The van der Waals surface area contributed by atoms with E-state index >= 15 is 4.39 Å². The Hall–Kier alpha value is -4.72. The zero-order valence-electron chi connectivity index (χ0n) is 27.5. The highest BCUT2D eigenvalue weighted by molar-refractivity contribution is 6.05. The lowest BCUT2D eigenvalue weighted by molar-refractivity contribution is 0.00335. The fourth-order valence-electron chi connectivity index (χ4n) is 5.38. The van der Waals surface area contributed by atoms with Gasteiger partial charge in [0.2, 0.25) is 5.88 Å². The standard InChI is InChI=1S/C33H40FN5O8/c1-17-22(14-36-28-27(17)39(8-9-44-28)31(43)47-33(5,6)7)21-12-19-13-24(37-29(41)45-20-10-18(11-20)16-40)35-15-23(19)26(25(21)34)38-30(42)46-32(2,3)4/h12-15,18,20,40H,8-11,16H2,1-7H3,(H,38,42)(H,35,37,41). The summed E-state index contributed by atoms with van der Waals surface area (Å²) in [4.78, 5) is 48.7. The Morgan fingerprint density at radius 3 is 2.36 bits per heavy atom. The summed E-state index contributed by atoms with van der Waals surface area (Å²) in [5.41, 5.74) is -0.615. The number of pyridine rings is 2. The molecule has 14 heteroatoms. The quantitative estimate of drug-likeness (QED) is 0.258. The van der Waals surface area contributed by atoms with Gasteiger partial charge in [-0.2, -0.15) is 0 Å². The highest BCUT2D eigenvalue weighted by atomic mass is 19.1. The molecule has 3 N–H and O–H groups in total. The van der Waals surface area contributed by atoms with Crippen LogP contribution in [0.15, 0.2) is 24.5 Å². The van der Waals surface area contributed by atoms with Crippen molar-refractivity contribution in [2.45, 2.75) is 78.6 Å². The number of fused-ring (bicyclic) bond motifs is 2. The molecule has 1 aliphatic carbocycles. The summed E-state index contributed by atoms with van der Waals surface area (Å²) in [6.07, 6.45) is 1.40. The summed E-state index contributed by atoms with van der Waals surface area (Å²) in [6, 6.07) is 3.06. The molecule has 13 nitrogen and oxygen atoms in total. The molecular formula is C33H40FN5O8. The van der Waals surface area contributed by atoms with E-state index in [1.165, 1.54) is 23.4 Å². The van der Waals surface area contributed by atoms with Crippen LogP contribution in [0.2, 0.25) is 0 Å². The van der Waals surface area contributed by atoms with E-state index < -0.39 is 35.3 Å². The molecule has 3 aromatic rings. The number of nitrogens with one attached hydrogen (secondary N) is 2. The van der Waals surface area contributed by atoms with Crippen LogP contribution in [0.3, 0.4) is 0 Å². The van der Waals surface area contributed by atoms with Crippen LogP contribution in [0.4, 0.5) is 36.0 Å². The summed E-state index contributed by atoms with van der Waals surface area (Å²) in [5, 5.41) is 15.0. The van der Waals surface area contributed by atoms with E-state index in [9.17, 15) is 19.5 Å². The van der Waals surface area contributed by atoms with Crippen molar-refractivity contribution >= 4 is 46.2 Å². The van der Waals surface area contributed by atoms with Crippen molar-refractivity contribution < 1.29 is 42.8 Å². The second-order valence-electron chi connectivity index (χ2n) is 13.6. The Morgan fingerprint density at radius 2 is 1.70 bits per heavy atom. The average Bonchev–Trinajstić information content (AvgIpc) is 2.94. The molecule has 5 rings (SSSR count). The number of carbonyl (C=O) groups is 3. The third-order valence-corrected chi connectivity index (χ3v) is 7.54. The van der Waals surface area contributed by atoms with Gasteiger partial charge < -0.3 is 24.1 Å². The summed E-state index contributed by atoms with van der Waals surface area (Å²) in [5.74, 6) is -0.354. The largest absolute Gasteiger partial charge is 0.474 e. The predicted molar refractivity (Wildman–Crippen MR) is 172 cm³/mol. The van der Waals surface area contributed by atoms with Crippen LogP contribution in [0.5, 0.6) is 5.88 Å². The molecule has 2 aromatic heterocycles. The number of aliphatic hydroxyl groups excluding tert-OH is 1. The third-order valence-electron chi connectivity index (χ3n) is 7.54. The van der Waals surface area contributed by atoms with Gasteiger partial charge in [-0.1, -0.05) is 0 Å². The maximum absolute atomic E-state index is 16.6. The number of hydrogen-bond acceptors (Lipinski definition) is 10. The van der Waals surface area contributed by atoms with Gasteiger partial charge in [0, 0.05) is 35.5 Å². The first-order valence-corrected chi connectivity index (χ1v) is 15.4. The van der Waals surface area contributed by atoms with Crippen molar-refractivity contribution in [2.75, 3.05) is 35.3 Å². The Bertz CT molecular complexity index is 1710. The summed E-state index contributed by atoms with van der Waals surface area (Å²) in [7, 11) is 0. The number of hydrogen-bond donors (Lipinski definition) is 3. The first-order chi connectivity index (χ1) is 22.0. The third kappa shape index (κ3) is 7.64. The molecule has 3 heterocycles. The van der Waals surface area contributed by atoms with E-state index in [1.54, 1.807) is 54.5 Å². The number of rotatable bonds is 5. The summed E-state index contributed by atoms with van der Waals surface area (Å²) < 4.78 is 38.7. The number of halogens is 1. The van der Waals surface area contributed by atoms with Crippen molar-refractivity contribution in [2.24, 2.45) is 5.92 Å². The van der Waals surface area contributed by atoms with Crippen LogP contribution in [0.25, 0.3) is 21.9 Å². The fourth-order valence-corrected chi connectivity index (χ4v) is 5.38. The van der Waals surface area contributed by atoms with Crippen molar-refractivity contribution in [1.82, 2.24) is 9.97 Å². The number of carbonyl (C=O) groups excluding carboxylic acids is 3. The van der Waals surface area contributed by atoms with Crippen LogP contribution >= 0.6 is 0 Å². The molecule has 1 saturated carbocycles. The minimum atomic E-state index is -0.882. The van der Waals surface area contributed by atoms with Gasteiger partial charge in [-0.25, -0.2) is 28.7 Å². The SMILES string of the molecule is Cc1c(-c2cc3cc(NC(=O)OC4CC(CO)C4)ncc3c(NC(=O)OC(C)(C)C)c2F)cnc2c1N(C(=O)OC(C)(C)C)CCO2. The van der Waals surface area contributed by atoms with Gasteiger partial charge in [0.05, 0.1) is 12.2 Å². The summed E-state index contributed by atoms with van der Waals surface area (Å²) >= 11 is 0. The molecular weight excluding hydrogens is 613 g/mol. The van der Waals surface area contributed by atoms with E-state index in [0.29, 0.717) is 35.0 Å². The molecule has 2 aliphatic rings. The molecule has 1 aromatic carbocycles. The van der Waals surface area contributed by atoms with Gasteiger partial charge in [0.15, 0.2) is 5.82 Å². The van der Waals surface area contributed by atoms with Crippen LogP contribution in [0, 0.1) is 18.7 Å². The minimum absolute atomic E-state index is 0.0392. The monoisotopic (exact) mass is 653 g/mol. The lowest BCUT2D eigenvalue weighted by Gasteiger charge is -2.33. The van der Waals surface area contributed by atoms with Gasteiger partial charge >= 0.3 is 18.3 Å². The molecule has 0 atom stereocenters. The minimum Gasteiger partial charge on any atom is -0.474 e. The number of aromatic nitrogens is 2. The summed E-state index contributed by atoms with van der Waals surface area (Å²) in [6.45, 7) is 12.5. The molecule has 0 unspecified atom stereocenters. The maximum Gasteiger partial charge on any atom is 0.415 e. The number of ether oxygens (including phenoxy) is 4. The number of aliphatic hydroxyl groups is 1. The van der Waals surface area contributed by atoms with E-state index in [1.807, 2.05) is 0 Å². The molecule has 0 spiro atoms. The Labute approximate surface area is 271 Å². The van der Waals surface area contributed by atoms with E-state index in [4.69, 9.17) is 18.9 Å². The normalized spacial score (nSPS) is 17.6. The van der Waals surface area contributed by atoms with Crippen molar-refractivity contribution in [3.05, 3.63) is 35.9 Å². The van der Waals surface area contributed by atoms with Gasteiger partial charge in [0.1, 0.15) is 35.4 Å². The van der Waals surface area contributed by atoms with Crippen molar-refractivity contribution in [3.63, 3.8) is 0 Å². The van der Waals surface area contributed by atoms with E-state index in [2.05, 4.69) is 20.6 Å². The van der Waals surface area contributed by atoms with Crippen LogP contribution in [-0.4, -0.2) is 70.4 Å². The Balaban J connectivity index is 1.57. The first kappa shape index (κ1) is 33.6. The molecule has 1 aliphatic heterocycles. The smallest absolute Gasteiger partial charge is 0.415 e. The van der Waals surface area contributed by atoms with E-state index in [0.717, 1.165) is 0 Å². The lowest BCUT2D eigenvalue weighted by atomic mass is 9.83. The van der Waals surface area contributed by atoms with E-state index in [-0.39, 0.29) is 60.1 Å². The molecule has 3 amide bonds. The Morgan fingerprint density at radius 1 is 1.00 bits per heavy atom.